The van der Waals surface area contributed by atoms with Crippen LogP contribution < -0.4 is 26.0 Å². The van der Waals surface area contributed by atoms with Gasteiger partial charge in [0.05, 0.1) is 24.9 Å². The number of amides is 3. The first kappa shape index (κ1) is 24.9. The Kier molecular flexibility index (Phi) is 6.00. The van der Waals surface area contributed by atoms with Crippen molar-refractivity contribution in [3.05, 3.63) is 47.2 Å². The van der Waals surface area contributed by atoms with Gasteiger partial charge in [0.2, 0.25) is 17.8 Å². The van der Waals surface area contributed by atoms with E-state index in [1.54, 1.807) is 4.90 Å². The van der Waals surface area contributed by atoms with Crippen molar-refractivity contribution in [1.82, 2.24) is 35.4 Å². The summed E-state index contributed by atoms with van der Waals surface area (Å²) in [6.07, 6.45) is 2.37. The molecule has 3 aromatic rings. The third-order valence-electron chi connectivity index (χ3n) is 7.90. The van der Waals surface area contributed by atoms with Crippen LogP contribution in [0.4, 0.5) is 22.5 Å². The van der Waals surface area contributed by atoms with Gasteiger partial charge in [-0.1, -0.05) is 30.3 Å². The van der Waals surface area contributed by atoms with Crippen LogP contribution in [0, 0.1) is 0 Å². The normalized spacial score (nSPS) is 22.9. The number of methoxy groups -OCH3 is 1. The highest BCUT2D eigenvalue weighted by atomic mass is 16.5. The minimum absolute atomic E-state index is 0.100. The number of benzene rings is 1. The molecule has 13 heteroatoms. The Bertz CT molecular complexity index is 1410. The van der Waals surface area contributed by atoms with Gasteiger partial charge in [0.25, 0.3) is 0 Å². The lowest BCUT2D eigenvalue weighted by atomic mass is 10.0. The van der Waals surface area contributed by atoms with Gasteiger partial charge in [-0.3, -0.25) is 9.89 Å². The van der Waals surface area contributed by atoms with Crippen LogP contribution in [0.5, 0.6) is 6.01 Å². The van der Waals surface area contributed by atoms with Gasteiger partial charge < -0.3 is 30.9 Å². The van der Waals surface area contributed by atoms with Crippen LogP contribution in [0.3, 0.4) is 0 Å². The van der Waals surface area contributed by atoms with E-state index < -0.39 is 17.5 Å². The molecule has 2 fully saturated rings. The van der Waals surface area contributed by atoms with E-state index in [0.29, 0.717) is 37.2 Å². The Hall–Kier alpha value is -4.42. The smallest absolute Gasteiger partial charge is 0.322 e. The van der Waals surface area contributed by atoms with Crippen LogP contribution in [0.1, 0.15) is 55.8 Å². The fourth-order valence-electron chi connectivity index (χ4n) is 5.63. The molecule has 0 radical (unpaired) electrons. The van der Waals surface area contributed by atoms with Crippen LogP contribution in [0.15, 0.2) is 30.3 Å². The molecule has 4 heterocycles. The number of nitrogens with two attached hydrogens (primary N) is 1. The highest BCUT2D eigenvalue weighted by Gasteiger charge is 2.47. The maximum absolute atomic E-state index is 13.4. The Morgan fingerprint density at radius 1 is 1.18 bits per heavy atom. The third-order valence-corrected chi connectivity index (χ3v) is 7.90. The maximum atomic E-state index is 13.4. The molecule has 3 amide bonds. The molecular formula is C26H32N10O3. The molecule has 0 bridgehead atoms. The monoisotopic (exact) mass is 532 g/mol. The second kappa shape index (κ2) is 9.40. The molecule has 1 saturated heterocycles. The number of hydrogen-bond acceptors (Lipinski definition) is 9. The number of primary amides is 1. The first-order chi connectivity index (χ1) is 18.8. The summed E-state index contributed by atoms with van der Waals surface area (Å²) in [5.74, 6) is 0.944. The number of H-pyrrole nitrogens is 1. The lowest BCUT2D eigenvalue weighted by Gasteiger charge is -2.32. The van der Waals surface area contributed by atoms with Gasteiger partial charge in [0.1, 0.15) is 6.04 Å². The molecule has 1 aliphatic carbocycles. The number of carbonyl (C=O) groups excluding carboxylic acids is 2. The summed E-state index contributed by atoms with van der Waals surface area (Å²) >= 11 is 0. The first-order valence-corrected chi connectivity index (χ1v) is 13.1. The molecule has 2 aromatic heterocycles. The zero-order valence-corrected chi connectivity index (χ0v) is 22.1. The Morgan fingerprint density at radius 3 is 2.72 bits per heavy atom. The van der Waals surface area contributed by atoms with Crippen molar-refractivity contribution in [1.29, 1.82) is 0 Å². The largest absolute Gasteiger partial charge is 0.467 e. The molecule has 39 heavy (non-hydrogen) atoms. The molecule has 13 nitrogen and oxygen atoms in total. The second-order valence-corrected chi connectivity index (χ2v) is 10.7. The van der Waals surface area contributed by atoms with Crippen LogP contribution in [0.2, 0.25) is 0 Å². The molecule has 3 atom stereocenters. The number of anilines is 3. The van der Waals surface area contributed by atoms with Gasteiger partial charge in [-0.05, 0) is 38.7 Å². The quantitative estimate of drug-likeness (QED) is 0.356. The Morgan fingerprint density at radius 2 is 1.97 bits per heavy atom. The summed E-state index contributed by atoms with van der Waals surface area (Å²) in [4.78, 5) is 42.0. The van der Waals surface area contributed by atoms with Gasteiger partial charge in [-0.15, -0.1) is 0 Å². The fourth-order valence-corrected chi connectivity index (χ4v) is 5.63. The highest BCUT2D eigenvalue weighted by molar-refractivity contribution is 5.83. The van der Waals surface area contributed by atoms with Gasteiger partial charge in [-0.2, -0.15) is 20.1 Å². The van der Waals surface area contributed by atoms with E-state index in [0.717, 1.165) is 24.1 Å². The number of fused-ring (bicyclic) bond motifs is 1. The van der Waals surface area contributed by atoms with Crippen LogP contribution in [-0.4, -0.2) is 67.7 Å². The molecule has 6 rings (SSSR count). The number of urea groups is 1. The number of nitrogens with zero attached hydrogens (tertiary/aromatic N) is 6. The predicted octanol–water partition coefficient (Wildman–Crippen LogP) is 2.12. The molecule has 5 N–H and O–H groups in total. The van der Waals surface area contributed by atoms with Crippen molar-refractivity contribution in [3.8, 4) is 6.01 Å². The Labute approximate surface area is 225 Å². The first-order valence-electron chi connectivity index (χ1n) is 13.1. The van der Waals surface area contributed by atoms with Gasteiger partial charge in [-0.25, -0.2) is 4.79 Å². The number of rotatable bonds is 7. The molecule has 1 unspecified atom stereocenters. The van der Waals surface area contributed by atoms with Crippen molar-refractivity contribution in [2.45, 2.75) is 63.2 Å². The zero-order valence-electron chi connectivity index (χ0n) is 22.1. The number of aromatic amines is 1. The summed E-state index contributed by atoms with van der Waals surface area (Å²) in [7, 11) is 1.46. The van der Waals surface area contributed by atoms with E-state index in [1.165, 1.54) is 12.7 Å². The summed E-state index contributed by atoms with van der Waals surface area (Å²) < 4.78 is 5.29. The molecule has 3 aliphatic rings. The zero-order chi connectivity index (χ0) is 27.3. The van der Waals surface area contributed by atoms with Crippen LogP contribution in [0.25, 0.3) is 0 Å². The molecule has 1 aromatic carbocycles. The lowest BCUT2D eigenvalue weighted by molar-refractivity contribution is -0.119. The summed E-state index contributed by atoms with van der Waals surface area (Å²) in [5.41, 5.74) is 7.92. The predicted molar refractivity (Wildman–Crippen MR) is 143 cm³/mol. The van der Waals surface area contributed by atoms with Gasteiger partial charge in [0, 0.05) is 24.1 Å². The number of aromatic nitrogens is 5. The molecule has 2 aliphatic heterocycles. The van der Waals surface area contributed by atoms with Crippen molar-refractivity contribution in [3.63, 3.8) is 0 Å². The molecule has 1 saturated carbocycles. The fraction of sp³-hybridized carbons (Fsp3) is 0.462. The van der Waals surface area contributed by atoms with Crippen molar-refractivity contribution >= 4 is 29.7 Å². The SMILES string of the molecule is COc1nc(Nc2n[nH]c3c2CN(C(=O)NC2C[C@@H]2c2ccccc2)C3(C)C)nc(N2CCC[C@H]2C(N)=O)n1. The number of ether oxygens (including phenoxy) is 1. The Balaban J connectivity index is 1.19. The van der Waals surface area contributed by atoms with Crippen molar-refractivity contribution < 1.29 is 14.3 Å². The van der Waals surface area contributed by atoms with Gasteiger partial charge in [0.15, 0.2) is 5.82 Å². The van der Waals surface area contributed by atoms with E-state index in [2.05, 4.69) is 47.9 Å². The minimum atomic E-state index is -0.601. The van der Waals surface area contributed by atoms with E-state index in [-0.39, 0.29) is 24.0 Å². The average Bonchev–Trinajstić information content (AvgIpc) is 3.24. The second-order valence-electron chi connectivity index (χ2n) is 10.7. The molecular weight excluding hydrogens is 500 g/mol. The highest BCUT2D eigenvalue weighted by Crippen LogP contribution is 2.43. The average molecular weight is 533 g/mol. The van der Waals surface area contributed by atoms with Crippen LogP contribution in [-0.2, 0) is 16.9 Å². The van der Waals surface area contributed by atoms with E-state index in [9.17, 15) is 9.59 Å². The van der Waals surface area contributed by atoms with Crippen molar-refractivity contribution in [2.24, 2.45) is 5.73 Å². The molecule has 0 spiro atoms. The number of hydrogen-bond donors (Lipinski definition) is 4. The van der Waals surface area contributed by atoms with E-state index >= 15 is 0 Å². The van der Waals surface area contributed by atoms with Crippen molar-refractivity contribution in [2.75, 3.05) is 23.9 Å². The van der Waals surface area contributed by atoms with E-state index in [1.807, 2.05) is 36.9 Å². The standard InChI is InChI=1S/C26H32N10O3/c1-26(2)19-16(13-36(26)25(38)28-17-12-15(17)14-8-5-4-6-9-14)21(34-33-19)29-22-30-23(32-24(31-22)39-3)35-11-7-10-18(35)20(27)37/h4-6,8-9,15,17-18H,7,10-13H2,1-3H3,(H2,27,37)(H,28,38)(H2,29,30,31,32,33,34)/t15-,17?,18+/m1/s1. The number of carbonyl (C=O) groups is 2. The lowest BCUT2D eigenvalue weighted by Crippen LogP contribution is -2.47. The summed E-state index contributed by atoms with van der Waals surface area (Å²) in [5, 5.41) is 13.9. The third kappa shape index (κ3) is 4.47. The number of nitrogens with one attached hydrogen (secondary N) is 3. The minimum Gasteiger partial charge on any atom is -0.467 e. The van der Waals surface area contributed by atoms with Gasteiger partial charge >= 0.3 is 12.0 Å². The van der Waals surface area contributed by atoms with Crippen LogP contribution >= 0.6 is 0 Å². The molecule has 204 valence electrons. The maximum Gasteiger partial charge on any atom is 0.322 e. The topological polar surface area (TPSA) is 167 Å². The summed E-state index contributed by atoms with van der Waals surface area (Å²) in [6, 6.07) is 9.87. The van der Waals surface area contributed by atoms with E-state index in [4.69, 9.17) is 10.5 Å². The summed E-state index contributed by atoms with van der Waals surface area (Å²) in [6.45, 7) is 4.94.